The number of nitrogens with zero attached hydrogens (tertiary/aromatic N) is 1. The van der Waals surface area contributed by atoms with Gasteiger partial charge in [0, 0.05) is 6.54 Å². The van der Waals surface area contributed by atoms with Gasteiger partial charge in [0.1, 0.15) is 25.3 Å². The molecule has 5 atom stereocenters. The first-order valence-electron chi connectivity index (χ1n) is 13.1. The predicted molar refractivity (Wildman–Crippen MR) is 137 cm³/mol. The fraction of sp³-hybridized carbons (Fsp3) is 0.448. The number of hydrogen-bond donors (Lipinski definition) is 1. The number of likely N-dealkylation sites (tertiary alicyclic amines) is 1. The maximum Gasteiger partial charge on any atom is 0.338 e. The highest BCUT2D eigenvalue weighted by molar-refractivity contribution is 5.96. The Hall–Kier alpha value is -3.72. The van der Waals surface area contributed by atoms with Gasteiger partial charge in [-0.1, -0.05) is 80.9 Å². The summed E-state index contributed by atoms with van der Waals surface area (Å²) in [4.78, 5) is 53.2. The van der Waals surface area contributed by atoms with Crippen LogP contribution in [-0.4, -0.2) is 59.5 Å². The Bertz CT molecular complexity index is 1120. The van der Waals surface area contributed by atoms with Crippen molar-refractivity contribution in [1.29, 1.82) is 0 Å². The van der Waals surface area contributed by atoms with E-state index in [2.05, 4.69) is 5.32 Å². The zero-order valence-corrected chi connectivity index (χ0v) is 21.7. The van der Waals surface area contributed by atoms with E-state index in [1.165, 1.54) is 4.90 Å². The Morgan fingerprint density at radius 3 is 2.08 bits per heavy atom. The number of carbonyl (C=O) groups excluding carboxylic acids is 4. The van der Waals surface area contributed by atoms with Crippen molar-refractivity contribution in [3.8, 4) is 0 Å². The fourth-order valence-corrected chi connectivity index (χ4v) is 4.50. The first-order chi connectivity index (χ1) is 18.4. The number of amides is 2. The Labute approximate surface area is 222 Å². The summed E-state index contributed by atoms with van der Waals surface area (Å²) in [6.45, 7) is 4.40. The molecule has 0 spiro atoms. The molecule has 1 N–H and O–H groups in total. The van der Waals surface area contributed by atoms with Gasteiger partial charge in [-0.3, -0.25) is 9.59 Å². The number of benzene rings is 2. The van der Waals surface area contributed by atoms with Crippen molar-refractivity contribution >= 4 is 23.8 Å². The maximum absolute atomic E-state index is 13.6. The number of carbonyl (C=O) groups is 4. The van der Waals surface area contributed by atoms with Gasteiger partial charge in [0.05, 0.1) is 0 Å². The number of rotatable bonds is 11. The summed E-state index contributed by atoms with van der Waals surface area (Å²) in [6.07, 6.45) is -0.218. The highest BCUT2D eigenvalue weighted by Crippen LogP contribution is 2.26. The SMILES string of the molecule is CC[C@H](C)[C@H](NC(=O)[C@H]1O[C@@H]1C(=O)OCc1ccccc1)C(=O)N1CCC[C@H]1C(=O)OCc1ccccc1. The number of hydrogen-bond acceptors (Lipinski definition) is 7. The molecule has 2 aliphatic rings. The zero-order valence-electron chi connectivity index (χ0n) is 21.7. The molecule has 2 aliphatic heterocycles. The smallest absolute Gasteiger partial charge is 0.338 e. The van der Waals surface area contributed by atoms with Crippen LogP contribution in [0, 0.1) is 5.92 Å². The summed E-state index contributed by atoms with van der Waals surface area (Å²) >= 11 is 0. The lowest BCUT2D eigenvalue weighted by atomic mass is 9.97. The van der Waals surface area contributed by atoms with Crippen LogP contribution in [0.4, 0.5) is 0 Å². The molecule has 0 aromatic heterocycles. The van der Waals surface area contributed by atoms with E-state index in [0.717, 1.165) is 11.1 Å². The van der Waals surface area contributed by atoms with Crippen LogP contribution in [0.5, 0.6) is 0 Å². The number of ether oxygens (including phenoxy) is 3. The van der Waals surface area contributed by atoms with Gasteiger partial charge in [-0.25, -0.2) is 9.59 Å². The van der Waals surface area contributed by atoms with Crippen LogP contribution < -0.4 is 5.32 Å². The average molecular weight is 523 g/mol. The van der Waals surface area contributed by atoms with Gasteiger partial charge in [0.2, 0.25) is 5.91 Å². The predicted octanol–water partition coefficient (Wildman–Crippen LogP) is 2.76. The van der Waals surface area contributed by atoms with Crippen LogP contribution in [0.15, 0.2) is 60.7 Å². The quantitative estimate of drug-likeness (QED) is 0.357. The van der Waals surface area contributed by atoms with Gasteiger partial charge in [0.15, 0.2) is 12.2 Å². The first-order valence-corrected chi connectivity index (χ1v) is 13.1. The third-order valence-electron chi connectivity index (χ3n) is 7.01. The van der Waals surface area contributed by atoms with E-state index < -0.39 is 42.1 Å². The molecule has 2 amide bonds. The van der Waals surface area contributed by atoms with Crippen LogP contribution in [0.3, 0.4) is 0 Å². The molecule has 0 bridgehead atoms. The van der Waals surface area contributed by atoms with E-state index in [0.29, 0.717) is 25.8 Å². The molecule has 2 fully saturated rings. The lowest BCUT2D eigenvalue weighted by Crippen LogP contribution is -2.55. The third kappa shape index (κ3) is 6.77. The molecule has 2 saturated heterocycles. The molecule has 0 saturated carbocycles. The monoisotopic (exact) mass is 522 g/mol. The van der Waals surface area contributed by atoms with Crippen molar-refractivity contribution in [2.45, 2.75) is 70.6 Å². The standard InChI is InChI=1S/C29H34N2O7/c1-3-19(2)23(30-26(32)24-25(38-24)29(35)37-18-21-13-8-5-9-14-21)27(33)31-16-10-15-22(31)28(34)36-17-20-11-6-4-7-12-20/h4-9,11-14,19,22-25H,3,10,15-18H2,1-2H3,(H,30,32)/t19-,22-,23-,24-,25-/m0/s1. The Balaban J connectivity index is 1.32. The minimum Gasteiger partial charge on any atom is -0.459 e. The van der Waals surface area contributed by atoms with Crippen LogP contribution in [0.1, 0.15) is 44.2 Å². The second-order valence-corrected chi connectivity index (χ2v) is 9.73. The summed E-state index contributed by atoms with van der Waals surface area (Å²) in [5.41, 5.74) is 1.69. The van der Waals surface area contributed by atoms with Gasteiger partial charge in [-0.2, -0.15) is 0 Å². The van der Waals surface area contributed by atoms with Crippen molar-refractivity contribution in [2.75, 3.05) is 6.54 Å². The fourth-order valence-electron chi connectivity index (χ4n) is 4.50. The number of esters is 2. The van der Waals surface area contributed by atoms with Gasteiger partial charge in [-0.15, -0.1) is 0 Å². The van der Waals surface area contributed by atoms with Crippen LogP contribution in [-0.2, 0) is 46.6 Å². The largest absolute Gasteiger partial charge is 0.459 e. The summed E-state index contributed by atoms with van der Waals surface area (Å²) in [5.74, 6) is -2.17. The molecule has 9 nitrogen and oxygen atoms in total. The van der Waals surface area contributed by atoms with Gasteiger partial charge in [0.25, 0.3) is 5.91 Å². The van der Waals surface area contributed by atoms with E-state index in [-0.39, 0.29) is 25.0 Å². The molecule has 0 aliphatic carbocycles. The molecule has 38 heavy (non-hydrogen) atoms. The molecular formula is C29H34N2O7. The van der Waals surface area contributed by atoms with Crippen molar-refractivity contribution in [3.05, 3.63) is 71.8 Å². The summed E-state index contributed by atoms with van der Waals surface area (Å²) in [6, 6.07) is 17.0. The first kappa shape index (κ1) is 27.3. The lowest BCUT2D eigenvalue weighted by molar-refractivity contribution is -0.155. The highest BCUT2D eigenvalue weighted by atomic mass is 16.6. The Kier molecular flexibility index (Phi) is 9.12. The summed E-state index contributed by atoms with van der Waals surface area (Å²) in [5, 5.41) is 2.77. The van der Waals surface area contributed by atoms with Crippen molar-refractivity contribution in [2.24, 2.45) is 5.92 Å². The topological polar surface area (TPSA) is 115 Å². The molecule has 0 radical (unpaired) electrons. The molecule has 0 unspecified atom stereocenters. The molecule has 2 aromatic rings. The van der Waals surface area contributed by atoms with E-state index in [1.54, 1.807) is 0 Å². The van der Waals surface area contributed by atoms with Crippen molar-refractivity contribution in [3.63, 3.8) is 0 Å². The number of epoxide rings is 1. The normalized spacial score (nSPS) is 21.7. The second-order valence-electron chi connectivity index (χ2n) is 9.73. The second kappa shape index (κ2) is 12.7. The highest BCUT2D eigenvalue weighted by Gasteiger charge is 2.52. The molecular weight excluding hydrogens is 488 g/mol. The number of nitrogens with one attached hydrogen (secondary N) is 1. The van der Waals surface area contributed by atoms with Crippen LogP contribution >= 0.6 is 0 Å². The molecule has 2 heterocycles. The van der Waals surface area contributed by atoms with Crippen LogP contribution in [0.2, 0.25) is 0 Å². The molecule has 2 aromatic carbocycles. The molecule has 202 valence electrons. The van der Waals surface area contributed by atoms with Gasteiger partial charge >= 0.3 is 11.9 Å². The third-order valence-corrected chi connectivity index (χ3v) is 7.01. The van der Waals surface area contributed by atoms with Crippen molar-refractivity contribution in [1.82, 2.24) is 10.2 Å². The van der Waals surface area contributed by atoms with Gasteiger partial charge < -0.3 is 24.4 Å². The summed E-state index contributed by atoms with van der Waals surface area (Å²) in [7, 11) is 0. The van der Waals surface area contributed by atoms with Crippen LogP contribution in [0.25, 0.3) is 0 Å². The lowest BCUT2D eigenvalue weighted by Gasteiger charge is -2.31. The minimum atomic E-state index is -1.01. The van der Waals surface area contributed by atoms with Gasteiger partial charge in [-0.05, 0) is 29.9 Å². The maximum atomic E-state index is 13.6. The average Bonchev–Trinajstić information content (AvgIpc) is 3.61. The molecule has 9 heteroatoms. The zero-order chi connectivity index (χ0) is 27.1. The van der Waals surface area contributed by atoms with E-state index in [1.807, 2.05) is 74.5 Å². The Morgan fingerprint density at radius 1 is 0.921 bits per heavy atom. The van der Waals surface area contributed by atoms with E-state index in [9.17, 15) is 19.2 Å². The van der Waals surface area contributed by atoms with E-state index >= 15 is 0 Å². The van der Waals surface area contributed by atoms with Crippen molar-refractivity contribution < 1.29 is 33.4 Å². The minimum absolute atomic E-state index is 0.0819. The Morgan fingerprint density at radius 2 is 1.50 bits per heavy atom. The van der Waals surface area contributed by atoms with E-state index in [4.69, 9.17) is 14.2 Å². The summed E-state index contributed by atoms with van der Waals surface area (Å²) < 4.78 is 16.0. The molecule has 4 rings (SSSR count).